The van der Waals surface area contributed by atoms with E-state index in [9.17, 15) is 0 Å². The molecule has 0 spiro atoms. The predicted molar refractivity (Wildman–Crippen MR) is 72.3 cm³/mol. The summed E-state index contributed by atoms with van der Waals surface area (Å²) in [6.45, 7) is 8.22. The lowest BCUT2D eigenvalue weighted by atomic mass is 10.2. The molecular formula is C11H23N3O2S. The SMILES string of the molecule is CCN1CCOC(CNC(=S)NCCOC)C1. The zero-order valence-corrected chi connectivity index (χ0v) is 11.5. The summed E-state index contributed by atoms with van der Waals surface area (Å²) in [7, 11) is 1.67. The molecule has 1 saturated heterocycles. The molecule has 0 saturated carbocycles. The molecule has 0 aliphatic carbocycles. The van der Waals surface area contributed by atoms with Gasteiger partial charge in [-0.1, -0.05) is 6.92 Å². The van der Waals surface area contributed by atoms with E-state index in [1.54, 1.807) is 7.11 Å². The molecule has 1 fully saturated rings. The van der Waals surface area contributed by atoms with Gasteiger partial charge in [0.25, 0.3) is 0 Å². The number of hydrogen-bond acceptors (Lipinski definition) is 4. The molecule has 0 radical (unpaired) electrons. The minimum atomic E-state index is 0.228. The Morgan fingerprint density at radius 2 is 2.35 bits per heavy atom. The fourth-order valence-electron chi connectivity index (χ4n) is 1.73. The zero-order valence-electron chi connectivity index (χ0n) is 10.7. The fourth-order valence-corrected chi connectivity index (χ4v) is 1.91. The molecule has 0 aromatic rings. The van der Waals surface area contributed by atoms with Gasteiger partial charge < -0.3 is 20.1 Å². The predicted octanol–water partition coefficient (Wildman–Crippen LogP) is -0.182. The Hall–Kier alpha value is -0.430. The third kappa shape index (κ3) is 6.16. The van der Waals surface area contributed by atoms with E-state index < -0.39 is 0 Å². The smallest absolute Gasteiger partial charge is 0.166 e. The molecule has 17 heavy (non-hydrogen) atoms. The second-order valence-corrected chi connectivity index (χ2v) is 4.42. The maximum absolute atomic E-state index is 5.67. The minimum absolute atomic E-state index is 0.228. The Kier molecular flexibility index (Phi) is 7.43. The van der Waals surface area contributed by atoms with Crippen LogP contribution in [0.15, 0.2) is 0 Å². The van der Waals surface area contributed by atoms with E-state index >= 15 is 0 Å². The van der Waals surface area contributed by atoms with Crippen molar-refractivity contribution in [3.8, 4) is 0 Å². The molecule has 1 atom stereocenters. The fraction of sp³-hybridized carbons (Fsp3) is 0.909. The van der Waals surface area contributed by atoms with Crippen molar-refractivity contribution in [1.29, 1.82) is 0 Å². The highest BCUT2D eigenvalue weighted by Crippen LogP contribution is 2.03. The number of nitrogens with one attached hydrogen (secondary N) is 2. The van der Waals surface area contributed by atoms with Gasteiger partial charge in [0.05, 0.1) is 19.3 Å². The van der Waals surface area contributed by atoms with Crippen LogP contribution in [0.1, 0.15) is 6.92 Å². The number of morpholine rings is 1. The summed E-state index contributed by atoms with van der Waals surface area (Å²) in [6, 6.07) is 0. The molecule has 1 aliphatic heterocycles. The number of ether oxygens (including phenoxy) is 2. The van der Waals surface area contributed by atoms with Crippen LogP contribution in [-0.2, 0) is 9.47 Å². The van der Waals surface area contributed by atoms with Gasteiger partial charge in [-0.25, -0.2) is 0 Å². The largest absolute Gasteiger partial charge is 0.383 e. The number of thiocarbonyl (C=S) groups is 1. The zero-order chi connectivity index (χ0) is 12.5. The molecular weight excluding hydrogens is 238 g/mol. The number of methoxy groups -OCH3 is 1. The van der Waals surface area contributed by atoms with Crippen LogP contribution in [0.4, 0.5) is 0 Å². The van der Waals surface area contributed by atoms with E-state index in [1.165, 1.54) is 0 Å². The van der Waals surface area contributed by atoms with Crippen LogP contribution >= 0.6 is 12.2 Å². The topological polar surface area (TPSA) is 45.8 Å². The first-order valence-electron chi connectivity index (χ1n) is 6.10. The highest BCUT2D eigenvalue weighted by atomic mass is 32.1. The van der Waals surface area contributed by atoms with Gasteiger partial charge in [-0.3, -0.25) is 4.90 Å². The van der Waals surface area contributed by atoms with E-state index in [0.29, 0.717) is 11.7 Å². The van der Waals surface area contributed by atoms with Crippen molar-refractivity contribution in [2.75, 3.05) is 53.0 Å². The second kappa shape index (κ2) is 8.63. The molecule has 2 N–H and O–H groups in total. The van der Waals surface area contributed by atoms with Crippen molar-refractivity contribution in [3.63, 3.8) is 0 Å². The van der Waals surface area contributed by atoms with E-state index in [2.05, 4.69) is 22.5 Å². The van der Waals surface area contributed by atoms with Gasteiger partial charge in [0.2, 0.25) is 0 Å². The molecule has 1 heterocycles. The Morgan fingerprint density at radius 3 is 3.06 bits per heavy atom. The molecule has 1 rings (SSSR count). The van der Waals surface area contributed by atoms with Gasteiger partial charge in [-0.2, -0.15) is 0 Å². The summed E-state index contributed by atoms with van der Waals surface area (Å²) >= 11 is 5.15. The molecule has 1 unspecified atom stereocenters. The van der Waals surface area contributed by atoms with E-state index in [4.69, 9.17) is 21.7 Å². The first-order chi connectivity index (χ1) is 8.26. The Labute approximate surface area is 109 Å². The van der Waals surface area contributed by atoms with Crippen molar-refractivity contribution in [3.05, 3.63) is 0 Å². The van der Waals surface area contributed by atoms with Crippen LogP contribution in [0.2, 0.25) is 0 Å². The Morgan fingerprint density at radius 1 is 1.53 bits per heavy atom. The highest BCUT2D eigenvalue weighted by Gasteiger charge is 2.18. The summed E-state index contributed by atoms with van der Waals surface area (Å²) < 4.78 is 10.6. The van der Waals surface area contributed by atoms with Gasteiger partial charge in [0.1, 0.15) is 0 Å². The lowest BCUT2D eigenvalue weighted by molar-refractivity contribution is -0.0233. The van der Waals surface area contributed by atoms with Crippen molar-refractivity contribution in [2.45, 2.75) is 13.0 Å². The average molecular weight is 261 g/mol. The lowest BCUT2D eigenvalue weighted by Crippen LogP contribution is -2.49. The Bertz CT molecular complexity index is 229. The first kappa shape index (κ1) is 14.6. The van der Waals surface area contributed by atoms with Crippen molar-refractivity contribution in [1.82, 2.24) is 15.5 Å². The minimum Gasteiger partial charge on any atom is -0.383 e. The van der Waals surface area contributed by atoms with E-state index in [-0.39, 0.29) is 6.10 Å². The molecule has 0 aromatic carbocycles. The van der Waals surface area contributed by atoms with Crippen LogP contribution in [-0.4, -0.2) is 69.2 Å². The standard InChI is InChI=1S/C11H23N3O2S/c1-3-14-5-7-16-10(9-14)8-13-11(17)12-4-6-15-2/h10H,3-9H2,1-2H3,(H2,12,13,17). The van der Waals surface area contributed by atoms with E-state index in [0.717, 1.165) is 39.3 Å². The first-order valence-corrected chi connectivity index (χ1v) is 6.51. The molecule has 0 bridgehead atoms. The third-order valence-corrected chi connectivity index (χ3v) is 3.04. The van der Waals surface area contributed by atoms with Crippen molar-refractivity contribution >= 4 is 17.3 Å². The van der Waals surface area contributed by atoms with Crippen molar-refractivity contribution < 1.29 is 9.47 Å². The van der Waals surface area contributed by atoms with Crippen LogP contribution < -0.4 is 10.6 Å². The second-order valence-electron chi connectivity index (χ2n) is 4.02. The lowest BCUT2D eigenvalue weighted by Gasteiger charge is -2.32. The highest BCUT2D eigenvalue weighted by molar-refractivity contribution is 7.80. The van der Waals surface area contributed by atoms with Gasteiger partial charge in [-0.05, 0) is 18.8 Å². The summed E-state index contributed by atoms with van der Waals surface area (Å²) in [5.41, 5.74) is 0. The number of hydrogen-bond donors (Lipinski definition) is 2. The third-order valence-electron chi connectivity index (χ3n) is 2.75. The summed E-state index contributed by atoms with van der Waals surface area (Å²) in [5, 5.41) is 6.91. The molecule has 0 amide bonds. The number of likely N-dealkylation sites (N-methyl/N-ethyl adjacent to an activating group) is 1. The van der Waals surface area contributed by atoms with Crippen LogP contribution in [0.3, 0.4) is 0 Å². The quantitative estimate of drug-likeness (QED) is 0.511. The molecule has 0 aromatic heterocycles. The summed E-state index contributed by atoms with van der Waals surface area (Å²) in [4.78, 5) is 2.39. The molecule has 100 valence electrons. The average Bonchev–Trinajstić information content (AvgIpc) is 2.37. The van der Waals surface area contributed by atoms with Gasteiger partial charge >= 0.3 is 0 Å². The van der Waals surface area contributed by atoms with Crippen LogP contribution in [0.25, 0.3) is 0 Å². The molecule has 1 aliphatic rings. The maximum Gasteiger partial charge on any atom is 0.166 e. The van der Waals surface area contributed by atoms with Gasteiger partial charge in [0.15, 0.2) is 5.11 Å². The van der Waals surface area contributed by atoms with Crippen LogP contribution in [0.5, 0.6) is 0 Å². The monoisotopic (exact) mass is 261 g/mol. The molecule has 5 nitrogen and oxygen atoms in total. The number of nitrogens with zero attached hydrogens (tertiary/aromatic N) is 1. The maximum atomic E-state index is 5.67. The summed E-state index contributed by atoms with van der Waals surface area (Å²) in [5.74, 6) is 0. The van der Waals surface area contributed by atoms with E-state index in [1.807, 2.05) is 0 Å². The normalized spacial score (nSPS) is 21.2. The number of rotatable bonds is 6. The Balaban J connectivity index is 2.10. The van der Waals surface area contributed by atoms with Gasteiger partial charge in [0, 0.05) is 33.3 Å². The van der Waals surface area contributed by atoms with Crippen molar-refractivity contribution in [2.24, 2.45) is 0 Å². The summed E-state index contributed by atoms with van der Waals surface area (Å²) in [6.07, 6.45) is 0.228. The molecule has 6 heteroatoms. The van der Waals surface area contributed by atoms with Crippen LogP contribution in [0, 0.1) is 0 Å². The van der Waals surface area contributed by atoms with Gasteiger partial charge in [-0.15, -0.1) is 0 Å².